The first-order valence-electron chi connectivity index (χ1n) is 25.6. The number of carboxylic acids is 1. The van der Waals surface area contributed by atoms with Crippen molar-refractivity contribution in [2.45, 2.75) is 212 Å². The predicted octanol–water partition coefficient (Wildman–Crippen LogP) is 8.32. The third-order valence-electron chi connectivity index (χ3n) is 13.0. The van der Waals surface area contributed by atoms with E-state index in [-0.39, 0.29) is 126 Å². The Hall–Kier alpha value is -2.21. The summed E-state index contributed by atoms with van der Waals surface area (Å²) in [7, 11) is 7.26. The Kier molecular flexibility index (Phi) is 36.1. The molecule has 3 N–H and O–H groups in total. The molecule has 0 aromatic rings. The van der Waals surface area contributed by atoms with Crippen molar-refractivity contribution in [3.05, 3.63) is 23.3 Å². The molecule has 17 heteroatoms. The Balaban J connectivity index is -0.000000507. The van der Waals surface area contributed by atoms with E-state index in [2.05, 4.69) is 45.9 Å². The summed E-state index contributed by atoms with van der Waals surface area (Å²) in [4.78, 5) is 82.2. The number of carbonyl (C=O) groups excluding carboxylic acids is 5. The Morgan fingerprint density at radius 1 is 0.686 bits per heavy atom. The van der Waals surface area contributed by atoms with Gasteiger partial charge in [0.25, 0.3) is 0 Å². The van der Waals surface area contributed by atoms with Crippen LogP contribution in [0.4, 0.5) is 0 Å². The Bertz CT molecular complexity index is 1670. The fraction of sp³-hybridized carbons (Fsp3) is 0.811. The minimum atomic E-state index is -0.664. The molecule has 2 rings (SSSR count). The molecular weight excluding hydrogens is 1130 g/mol. The number of amides is 2. The summed E-state index contributed by atoms with van der Waals surface area (Å²) in [5.41, 5.74) is 6.39. The number of ketones is 1. The number of piperidine rings is 2. The molecule has 0 spiro atoms. The van der Waals surface area contributed by atoms with Crippen molar-refractivity contribution in [1.82, 2.24) is 19.6 Å². The van der Waals surface area contributed by atoms with Crippen LogP contribution >= 0.6 is 12.4 Å². The third-order valence-corrected chi connectivity index (χ3v) is 13.0. The van der Waals surface area contributed by atoms with Crippen LogP contribution in [-0.4, -0.2) is 153 Å². The number of esters is 2. The average molecular weight is 1240 g/mol. The third kappa shape index (κ3) is 24.7. The summed E-state index contributed by atoms with van der Waals surface area (Å²) in [6, 6.07) is -0.727. The first-order valence-corrected chi connectivity index (χ1v) is 25.0. The second-order valence-corrected chi connectivity index (χ2v) is 22.0. The summed E-state index contributed by atoms with van der Waals surface area (Å²) in [5.74, 6) is -1.54. The normalized spacial score (nSPS) is 18.8. The molecule has 0 aromatic carbocycles. The Morgan fingerprint density at radius 3 is 1.34 bits per heavy atom. The number of Topliss-reactive ketones (excluding diaryl/α,β-unsaturated/α-hetero) is 1. The van der Waals surface area contributed by atoms with E-state index in [1.54, 1.807) is 57.7 Å². The van der Waals surface area contributed by atoms with E-state index in [0.717, 1.165) is 51.6 Å². The number of hydrogen-bond donors (Lipinski definition) is 2. The molecule has 2 heterocycles. The number of hydrogen-bond acceptors (Lipinski definition) is 11. The minimum absolute atomic E-state index is 0. The van der Waals surface area contributed by atoms with Crippen LogP contribution in [-0.2, 0) is 38.2 Å². The molecule has 2 amide bonds. The number of carboxylic acid groups (broad SMARTS) is 1. The average Bonchev–Trinajstić information content (AvgIpc) is 3.27. The fourth-order valence-corrected chi connectivity index (χ4v) is 8.63. The number of rotatable bonds is 18. The van der Waals surface area contributed by atoms with Gasteiger partial charge in [-0.05, 0) is 118 Å². The van der Waals surface area contributed by atoms with Gasteiger partial charge < -0.3 is 30.1 Å². The topological polar surface area (TPSA) is 180 Å². The van der Waals surface area contributed by atoms with E-state index in [4.69, 9.17) is 21.6 Å². The van der Waals surface area contributed by atoms with Crippen LogP contribution in [0.2, 0.25) is 0 Å². The molecule has 2 aliphatic rings. The van der Waals surface area contributed by atoms with Gasteiger partial charge in [0, 0.05) is 89.2 Å². The monoisotopic (exact) mass is 1240 g/mol. The van der Waals surface area contributed by atoms with Gasteiger partial charge in [0.15, 0.2) is 5.78 Å². The minimum Gasteiger partial charge on any atom is -0.480 e. The van der Waals surface area contributed by atoms with Crippen LogP contribution in [0.5, 0.6) is 0 Å². The summed E-state index contributed by atoms with van der Waals surface area (Å²) in [6.45, 7) is 37.9. The van der Waals surface area contributed by atoms with Gasteiger partial charge in [0.2, 0.25) is 11.8 Å². The van der Waals surface area contributed by atoms with Gasteiger partial charge in [-0.1, -0.05) is 94.2 Å². The van der Waals surface area contributed by atoms with Crippen LogP contribution in [0.15, 0.2) is 23.3 Å². The van der Waals surface area contributed by atoms with Gasteiger partial charge in [-0.2, -0.15) is 0 Å². The molecule has 404 valence electrons. The quantitative estimate of drug-likeness (QED) is 0.0763. The van der Waals surface area contributed by atoms with Crippen molar-refractivity contribution in [2.24, 2.45) is 34.3 Å². The molecule has 2 radical (unpaired) electrons. The van der Waals surface area contributed by atoms with Crippen molar-refractivity contribution in [3.63, 3.8) is 0 Å². The van der Waals surface area contributed by atoms with Gasteiger partial charge in [0.05, 0.1) is 37.4 Å². The number of halogens is 1. The molecule has 1 unspecified atom stereocenters. The Morgan fingerprint density at radius 2 is 1.04 bits per heavy atom. The first kappa shape index (κ1) is 72.0. The van der Waals surface area contributed by atoms with Gasteiger partial charge in [-0.3, -0.25) is 29.0 Å². The van der Waals surface area contributed by atoms with Crippen LogP contribution in [0.3, 0.4) is 0 Å². The summed E-state index contributed by atoms with van der Waals surface area (Å²) in [5, 5.41) is 8.92. The van der Waals surface area contributed by atoms with E-state index < -0.39 is 17.9 Å². The summed E-state index contributed by atoms with van der Waals surface area (Å²) >= 11 is 0. The number of ether oxygens (including phenoxy) is 2. The zero-order valence-electron chi connectivity index (χ0n) is 48.3. The molecule has 0 aliphatic carbocycles. The van der Waals surface area contributed by atoms with E-state index in [1.807, 2.05) is 75.3 Å². The standard InChI is InChI=1S/C27H48N2O4.C17H32N2O3.C9H17NO2.BH.ClH.U/c1-11-33-26(32)20(6)16-23(18(2)3)28(10)25(31)21(27(7,8)9)17-24(30)22-14-12-13-15-29(22)19(4)5;1-9-22-16(21)12(4)10-13(11(2)3)19(8)15(20)14(18)17(5,6)7;1-7(2)10-6-4-3-5-8(10)9(11)12;;;/h16,18-19,21-23H,11-15,17H2,1-10H3;10-11,13-14H,9,18H2,1-8H3;7-8H,3-6H2,1-2H3,(H,11,12);2*1H;/b20-16+;12-10+;;;;/t21-,22?,23-;13-,14-;8-;;;/m111.../s1/i;;;1T;;. The number of nitrogens with two attached hydrogens (primary N) is 1. The number of likely N-dealkylation sites (N-methyl/N-ethyl adjacent to an activating group) is 2. The number of carbonyl (C=O) groups is 6. The van der Waals surface area contributed by atoms with Gasteiger partial charge in [0.1, 0.15) is 6.04 Å². The zero-order chi connectivity index (χ0) is 54.3. The van der Waals surface area contributed by atoms with Crippen LogP contribution in [0, 0.1) is 59.7 Å². The number of aliphatic carboxylic acids is 1. The maximum absolute atomic E-state index is 13.8. The molecule has 70 heavy (non-hydrogen) atoms. The van der Waals surface area contributed by atoms with Crippen molar-refractivity contribution in [1.29, 1.82) is 1.34 Å². The fourth-order valence-electron chi connectivity index (χ4n) is 8.63. The second-order valence-electron chi connectivity index (χ2n) is 22.0. The smallest absolute Gasteiger partial charge is 0.333 e. The van der Waals surface area contributed by atoms with Crippen molar-refractivity contribution in [2.75, 3.05) is 40.4 Å². The Labute approximate surface area is 458 Å². The van der Waals surface area contributed by atoms with Crippen molar-refractivity contribution in [3.8, 4) is 0 Å². The molecule has 2 aliphatic heterocycles. The first-order chi connectivity index (χ1) is 31.8. The van der Waals surface area contributed by atoms with Gasteiger partial charge in [-0.15, -0.1) is 12.4 Å². The van der Waals surface area contributed by atoms with Gasteiger partial charge in [-0.25, -0.2) is 9.59 Å². The van der Waals surface area contributed by atoms with E-state index in [1.165, 1.54) is 0 Å². The van der Waals surface area contributed by atoms with E-state index in [9.17, 15) is 28.8 Å². The van der Waals surface area contributed by atoms with Crippen LogP contribution < -0.4 is 5.73 Å². The summed E-state index contributed by atoms with van der Waals surface area (Å²) < 4.78 is 15.4. The zero-order valence-corrected chi connectivity index (χ0v) is 52.3. The van der Waals surface area contributed by atoms with E-state index >= 15 is 0 Å². The van der Waals surface area contributed by atoms with E-state index in [0.29, 0.717) is 36.4 Å². The summed E-state index contributed by atoms with van der Waals surface area (Å²) in [6.07, 6.45) is 9.91. The molecule has 0 bridgehead atoms. The number of likely N-dealkylation sites (tertiary alicyclic amines) is 2. The molecule has 2 fully saturated rings. The molecule has 2 saturated heterocycles. The predicted molar refractivity (Wildman–Crippen MR) is 285 cm³/mol. The van der Waals surface area contributed by atoms with Crippen LogP contribution in [0.25, 0.3) is 0 Å². The number of nitrogens with zero attached hydrogens (tertiary/aromatic N) is 4. The van der Waals surface area contributed by atoms with Crippen molar-refractivity contribution < 1.29 is 74.5 Å². The molecule has 0 saturated carbocycles. The molecule has 0 aromatic heterocycles. The molecular formula is C53H99BClN5O9U. The largest absolute Gasteiger partial charge is 0.480 e. The van der Waals surface area contributed by atoms with Gasteiger partial charge >= 0.3 is 17.9 Å². The maximum atomic E-state index is 13.8. The maximum Gasteiger partial charge on any atom is 0.333 e. The second kappa shape index (κ2) is 35.1. The van der Waals surface area contributed by atoms with Crippen LogP contribution in [0.1, 0.15) is 170 Å². The SMILES string of the molecule is CC(C)N1CCCC[C@@H]1C(=O)O.CCOC(=O)/C(C)=C/[C@H](C(C)C)N(C)C(=O)[C@@H](CC(=O)C1CCCCN1C(C)C)C(C)(C)C.CCOC(=O)/C(C)=C/[C@H](C(C)C)N(C)C(=O)[C@@H](N)C(C)(C)C.Cl.[3H][B].[U]. The van der Waals surface area contributed by atoms with Crippen molar-refractivity contribution >= 4 is 56.3 Å². The molecule has 14 nitrogen and oxygen atoms in total. The molecule has 6 atom stereocenters.